The molecule has 0 atom stereocenters. The van der Waals surface area contributed by atoms with Crippen LogP contribution in [0.3, 0.4) is 0 Å². The van der Waals surface area contributed by atoms with Gasteiger partial charge in [0.1, 0.15) is 0 Å². The second-order valence-electron chi connectivity index (χ2n) is 4.47. The number of aromatic nitrogens is 2. The summed E-state index contributed by atoms with van der Waals surface area (Å²) < 4.78 is 0. The van der Waals surface area contributed by atoms with Crippen LogP contribution < -0.4 is 4.90 Å². The minimum Gasteiger partial charge on any atom is -0.368 e. The SMILES string of the molecule is Cc1ccc2c(N(CCCl)CCCl)cc(C)nc2n1. The lowest BCUT2D eigenvalue weighted by molar-refractivity contribution is 0.875. The smallest absolute Gasteiger partial charge is 0.161 e. The summed E-state index contributed by atoms with van der Waals surface area (Å²) in [5.41, 5.74) is 3.81. The van der Waals surface area contributed by atoms with E-state index in [1.54, 1.807) is 0 Å². The van der Waals surface area contributed by atoms with Crippen molar-refractivity contribution in [2.45, 2.75) is 13.8 Å². The molecule has 0 aliphatic heterocycles. The summed E-state index contributed by atoms with van der Waals surface area (Å²) in [5.74, 6) is 1.14. The molecule has 2 heterocycles. The Bertz CT molecular complexity index is 561. The van der Waals surface area contributed by atoms with Crippen LogP contribution in [0.5, 0.6) is 0 Å². The highest BCUT2D eigenvalue weighted by Gasteiger charge is 2.12. The average Bonchev–Trinajstić information content (AvgIpc) is 2.37. The van der Waals surface area contributed by atoms with Crippen molar-refractivity contribution in [3.8, 4) is 0 Å². The Labute approximate surface area is 123 Å². The minimum atomic E-state index is 0.568. The van der Waals surface area contributed by atoms with Gasteiger partial charge in [-0.15, -0.1) is 23.2 Å². The third kappa shape index (κ3) is 3.28. The first-order valence-electron chi connectivity index (χ1n) is 6.27. The van der Waals surface area contributed by atoms with Gasteiger partial charge in [-0.05, 0) is 32.0 Å². The van der Waals surface area contributed by atoms with Crippen LogP contribution >= 0.6 is 23.2 Å². The molecule has 3 nitrogen and oxygen atoms in total. The molecule has 0 unspecified atom stereocenters. The largest absolute Gasteiger partial charge is 0.368 e. The molecule has 0 aliphatic rings. The molecule has 0 N–H and O–H groups in total. The van der Waals surface area contributed by atoms with Crippen molar-refractivity contribution in [1.29, 1.82) is 0 Å². The van der Waals surface area contributed by atoms with Gasteiger partial charge in [0.2, 0.25) is 0 Å². The highest BCUT2D eigenvalue weighted by molar-refractivity contribution is 6.18. The van der Waals surface area contributed by atoms with E-state index in [0.717, 1.165) is 41.2 Å². The number of hydrogen-bond donors (Lipinski definition) is 0. The summed E-state index contributed by atoms with van der Waals surface area (Å²) >= 11 is 11.8. The molecule has 0 aromatic carbocycles. The van der Waals surface area contributed by atoms with Crippen molar-refractivity contribution < 1.29 is 0 Å². The number of aryl methyl sites for hydroxylation is 2. The molecular weight excluding hydrogens is 281 g/mol. The Hall–Kier alpha value is -1.06. The quantitative estimate of drug-likeness (QED) is 0.791. The third-order valence-corrected chi connectivity index (χ3v) is 3.31. The van der Waals surface area contributed by atoms with Crippen LogP contribution in [0, 0.1) is 13.8 Å². The Balaban J connectivity index is 2.56. The van der Waals surface area contributed by atoms with Gasteiger partial charge in [0, 0.05) is 47.3 Å². The van der Waals surface area contributed by atoms with Gasteiger partial charge in [0.05, 0.1) is 0 Å². The van der Waals surface area contributed by atoms with E-state index in [4.69, 9.17) is 23.2 Å². The predicted molar refractivity (Wildman–Crippen MR) is 82.7 cm³/mol. The Morgan fingerprint density at radius 3 is 2.26 bits per heavy atom. The number of rotatable bonds is 5. The van der Waals surface area contributed by atoms with Gasteiger partial charge >= 0.3 is 0 Å². The normalized spacial score (nSPS) is 10.9. The van der Waals surface area contributed by atoms with Crippen LogP contribution in [-0.4, -0.2) is 34.8 Å². The fourth-order valence-electron chi connectivity index (χ4n) is 2.12. The van der Waals surface area contributed by atoms with Gasteiger partial charge < -0.3 is 4.90 Å². The molecular formula is C14H17Cl2N3. The summed E-state index contributed by atoms with van der Waals surface area (Å²) in [6, 6.07) is 6.13. The molecule has 0 fully saturated rings. The van der Waals surface area contributed by atoms with E-state index in [0.29, 0.717) is 11.8 Å². The lowest BCUT2D eigenvalue weighted by atomic mass is 10.2. The zero-order chi connectivity index (χ0) is 13.8. The summed E-state index contributed by atoms with van der Waals surface area (Å²) in [5, 5.41) is 1.05. The van der Waals surface area contributed by atoms with E-state index in [1.807, 2.05) is 19.9 Å². The fraction of sp³-hybridized carbons (Fsp3) is 0.429. The molecule has 0 amide bonds. The van der Waals surface area contributed by atoms with E-state index in [9.17, 15) is 0 Å². The van der Waals surface area contributed by atoms with Gasteiger partial charge in [-0.25, -0.2) is 9.97 Å². The molecule has 0 saturated heterocycles. The van der Waals surface area contributed by atoms with Gasteiger partial charge in [-0.3, -0.25) is 0 Å². The standard InChI is InChI=1S/C14H17Cl2N3/c1-10-3-4-12-13(19(7-5-15)8-6-16)9-11(2)18-14(12)17-10/h3-4,9H,5-8H2,1-2H3. The predicted octanol–water partition coefficient (Wildman–Crippen LogP) is 3.53. The number of hydrogen-bond acceptors (Lipinski definition) is 3. The average molecular weight is 298 g/mol. The molecule has 0 radical (unpaired) electrons. The molecule has 2 rings (SSSR count). The topological polar surface area (TPSA) is 29.0 Å². The highest BCUT2D eigenvalue weighted by atomic mass is 35.5. The molecule has 2 aromatic heterocycles. The number of anilines is 1. The van der Waals surface area contributed by atoms with Crippen molar-refractivity contribution >= 4 is 39.9 Å². The van der Waals surface area contributed by atoms with Crippen molar-refractivity contribution in [2.24, 2.45) is 0 Å². The Kier molecular flexibility index (Phi) is 4.83. The maximum Gasteiger partial charge on any atom is 0.161 e. The summed E-state index contributed by atoms with van der Waals surface area (Å²) in [6.07, 6.45) is 0. The third-order valence-electron chi connectivity index (χ3n) is 2.97. The Morgan fingerprint density at radius 2 is 1.63 bits per heavy atom. The summed E-state index contributed by atoms with van der Waals surface area (Å²) in [7, 11) is 0. The molecule has 19 heavy (non-hydrogen) atoms. The first-order chi connectivity index (χ1) is 9.15. The van der Waals surface area contributed by atoms with E-state index in [-0.39, 0.29) is 0 Å². The molecule has 0 bridgehead atoms. The van der Waals surface area contributed by atoms with Crippen LogP contribution in [-0.2, 0) is 0 Å². The lowest BCUT2D eigenvalue weighted by Gasteiger charge is -2.24. The van der Waals surface area contributed by atoms with Crippen LogP contribution in [0.25, 0.3) is 11.0 Å². The summed E-state index contributed by atoms with van der Waals surface area (Å²) in [4.78, 5) is 11.2. The minimum absolute atomic E-state index is 0.568. The molecule has 0 spiro atoms. The first kappa shape index (κ1) is 14.4. The molecule has 102 valence electrons. The van der Waals surface area contributed by atoms with Crippen molar-refractivity contribution in [2.75, 3.05) is 29.7 Å². The molecule has 0 saturated carbocycles. The number of alkyl halides is 2. The number of fused-ring (bicyclic) bond motifs is 1. The molecule has 2 aromatic rings. The van der Waals surface area contributed by atoms with E-state index < -0.39 is 0 Å². The number of halogens is 2. The number of pyridine rings is 2. The number of nitrogens with zero attached hydrogens (tertiary/aromatic N) is 3. The maximum atomic E-state index is 5.88. The van der Waals surface area contributed by atoms with E-state index in [1.165, 1.54) is 0 Å². The first-order valence-corrected chi connectivity index (χ1v) is 7.34. The van der Waals surface area contributed by atoms with E-state index in [2.05, 4.69) is 27.0 Å². The van der Waals surface area contributed by atoms with Crippen LogP contribution in [0.4, 0.5) is 5.69 Å². The van der Waals surface area contributed by atoms with Crippen LogP contribution in [0.1, 0.15) is 11.4 Å². The maximum absolute atomic E-state index is 5.88. The Morgan fingerprint density at radius 1 is 1.00 bits per heavy atom. The second-order valence-corrected chi connectivity index (χ2v) is 5.23. The molecule has 5 heteroatoms. The zero-order valence-corrected chi connectivity index (χ0v) is 12.7. The van der Waals surface area contributed by atoms with Gasteiger partial charge in [0.25, 0.3) is 0 Å². The van der Waals surface area contributed by atoms with Gasteiger partial charge in [-0.2, -0.15) is 0 Å². The zero-order valence-electron chi connectivity index (χ0n) is 11.2. The van der Waals surface area contributed by atoms with Crippen LogP contribution in [0.2, 0.25) is 0 Å². The monoisotopic (exact) mass is 297 g/mol. The van der Waals surface area contributed by atoms with Gasteiger partial charge in [0.15, 0.2) is 5.65 Å². The van der Waals surface area contributed by atoms with E-state index >= 15 is 0 Å². The highest BCUT2D eigenvalue weighted by Crippen LogP contribution is 2.26. The van der Waals surface area contributed by atoms with Crippen molar-refractivity contribution in [3.05, 3.63) is 29.6 Å². The van der Waals surface area contributed by atoms with Crippen molar-refractivity contribution in [1.82, 2.24) is 9.97 Å². The van der Waals surface area contributed by atoms with Crippen LogP contribution in [0.15, 0.2) is 18.2 Å². The van der Waals surface area contributed by atoms with Crippen molar-refractivity contribution in [3.63, 3.8) is 0 Å². The summed E-state index contributed by atoms with van der Waals surface area (Å²) in [6.45, 7) is 5.48. The molecule has 0 aliphatic carbocycles. The second kappa shape index (κ2) is 6.40. The fourth-order valence-corrected chi connectivity index (χ4v) is 2.53. The lowest BCUT2D eigenvalue weighted by Crippen LogP contribution is -2.28. The van der Waals surface area contributed by atoms with Gasteiger partial charge in [-0.1, -0.05) is 0 Å².